The van der Waals surface area contributed by atoms with E-state index < -0.39 is 5.97 Å². The van der Waals surface area contributed by atoms with Crippen molar-refractivity contribution in [1.29, 1.82) is 0 Å². The van der Waals surface area contributed by atoms with E-state index in [0.29, 0.717) is 25.8 Å². The molecule has 0 saturated carbocycles. The predicted molar refractivity (Wildman–Crippen MR) is 94.8 cm³/mol. The molecule has 0 aliphatic carbocycles. The third-order valence-corrected chi connectivity index (χ3v) is 4.82. The monoisotopic (exact) mass is 382 g/mol. The van der Waals surface area contributed by atoms with Crippen LogP contribution in [0, 0.1) is 0 Å². The molecule has 5 nitrogen and oxygen atoms in total. The number of aromatic nitrogens is 2. The molecule has 2 aromatic heterocycles. The Balaban J connectivity index is 1.58. The molecule has 0 aliphatic heterocycles. The lowest BCUT2D eigenvalue weighted by Crippen LogP contribution is -2.21. The number of fused-ring (bicyclic) bond motifs is 1. The summed E-state index contributed by atoms with van der Waals surface area (Å²) in [4.78, 5) is 29.0. The Morgan fingerprint density at radius 2 is 2.12 bits per heavy atom. The molecule has 3 rings (SSSR count). The first-order valence-electron chi connectivity index (χ1n) is 7.07. The fourth-order valence-corrected chi connectivity index (χ4v) is 3.32. The molecule has 0 fully saturated rings. The van der Waals surface area contributed by atoms with Crippen LogP contribution in [0.2, 0.25) is 10.0 Å². The first-order valence-corrected chi connectivity index (χ1v) is 8.70. The standard InChI is InChI=1S/C16H12Cl2N2O3S/c17-11-2-1-10(13(18)7-11)8-23-14(21)3-5-20-9-19-15-12(16(20)22)4-6-24-15/h1-2,4,6-7,9H,3,5,8H2. The normalized spacial score (nSPS) is 10.9. The summed E-state index contributed by atoms with van der Waals surface area (Å²) in [5.41, 5.74) is 0.516. The van der Waals surface area contributed by atoms with Crippen molar-refractivity contribution in [2.45, 2.75) is 19.6 Å². The molecule has 24 heavy (non-hydrogen) atoms. The quantitative estimate of drug-likeness (QED) is 0.627. The molecule has 2 heterocycles. The number of ether oxygens (including phenoxy) is 1. The zero-order valence-electron chi connectivity index (χ0n) is 12.4. The number of aryl methyl sites for hydroxylation is 1. The number of hydrogen-bond donors (Lipinski definition) is 0. The predicted octanol–water partition coefficient (Wildman–Crippen LogP) is 3.90. The Morgan fingerprint density at radius 3 is 2.92 bits per heavy atom. The lowest BCUT2D eigenvalue weighted by atomic mass is 10.2. The van der Waals surface area contributed by atoms with Gasteiger partial charge in [-0.2, -0.15) is 0 Å². The van der Waals surface area contributed by atoms with Gasteiger partial charge in [0.1, 0.15) is 11.4 Å². The SMILES string of the molecule is O=C(CCn1cnc2sccc2c1=O)OCc1ccc(Cl)cc1Cl. The maximum absolute atomic E-state index is 12.2. The summed E-state index contributed by atoms with van der Waals surface area (Å²) in [6.07, 6.45) is 1.52. The Kier molecular flexibility index (Phi) is 5.18. The summed E-state index contributed by atoms with van der Waals surface area (Å²) >= 11 is 13.2. The van der Waals surface area contributed by atoms with Crippen LogP contribution in [0.3, 0.4) is 0 Å². The number of thiophene rings is 1. The molecule has 0 bridgehead atoms. The van der Waals surface area contributed by atoms with Gasteiger partial charge in [0.25, 0.3) is 5.56 Å². The van der Waals surface area contributed by atoms with Gasteiger partial charge >= 0.3 is 5.97 Å². The average Bonchev–Trinajstić information content (AvgIpc) is 3.03. The third-order valence-electron chi connectivity index (χ3n) is 3.41. The third kappa shape index (κ3) is 3.77. The molecule has 0 spiro atoms. The van der Waals surface area contributed by atoms with Gasteiger partial charge in [0.05, 0.1) is 18.1 Å². The molecule has 0 aliphatic rings. The van der Waals surface area contributed by atoms with Gasteiger partial charge in [-0.25, -0.2) is 4.98 Å². The minimum absolute atomic E-state index is 0.0611. The van der Waals surface area contributed by atoms with Gasteiger partial charge in [-0.15, -0.1) is 11.3 Å². The van der Waals surface area contributed by atoms with Crippen LogP contribution in [-0.2, 0) is 22.7 Å². The van der Waals surface area contributed by atoms with Crippen molar-refractivity contribution in [2.24, 2.45) is 0 Å². The van der Waals surface area contributed by atoms with E-state index in [1.54, 1.807) is 24.3 Å². The summed E-state index contributed by atoms with van der Waals surface area (Å²) in [5, 5.41) is 3.33. The average molecular weight is 383 g/mol. The summed E-state index contributed by atoms with van der Waals surface area (Å²) in [6, 6.07) is 6.70. The number of rotatable bonds is 5. The maximum Gasteiger partial charge on any atom is 0.307 e. The Hall–Kier alpha value is -1.89. The first-order chi connectivity index (χ1) is 11.5. The zero-order chi connectivity index (χ0) is 17.1. The minimum Gasteiger partial charge on any atom is -0.461 e. The molecule has 124 valence electrons. The lowest BCUT2D eigenvalue weighted by Gasteiger charge is -2.08. The zero-order valence-corrected chi connectivity index (χ0v) is 14.7. The second-order valence-corrected chi connectivity index (χ2v) is 6.77. The highest BCUT2D eigenvalue weighted by molar-refractivity contribution is 7.16. The lowest BCUT2D eigenvalue weighted by molar-refractivity contribution is -0.145. The van der Waals surface area contributed by atoms with Gasteiger partial charge in [-0.1, -0.05) is 29.3 Å². The second kappa shape index (κ2) is 7.34. The molecular formula is C16H12Cl2N2O3S. The van der Waals surface area contributed by atoms with Crippen LogP contribution < -0.4 is 5.56 Å². The van der Waals surface area contributed by atoms with Crippen LogP contribution in [0.5, 0.6) is 0 Å². The Morgan fingerprint density at radius 1 is 1.29 bits per heavy atom. The van der Waals surface area contributed by atoms with E-state index in [1.807, 2.05) is 5.38 Å². The van der Waals surface area contributed by atoms with Crippen molar-refractivity contribution < 1.29 is 9.53 Å². The molecule has 3 aromatic rings. The van der Waals surface area contributed by atoms with E-state index in [9.17, 15) is 9.59 Å². The number of halogens is 2. The highest BCUT2D eigenvalue weighted by atomic mass is 35.5. The van der Waals surface area contributed by atoms with E-state index in [0.717, 1.165) is 0 Å². The molecular weight excluding hydrogens is 371 g/mol. The van der Waals surface area contributed by atoms with Crippen molar-refractivity contribution in [3.63, 3.8) is 0 Å². The number of benzene rings is 1. The van der Waals surface area contributed by atoms with E-state index in [2.05, 4.69) is 4.98 Å². The van der Waals surface area contributed by atoms with E-state index in [-0.39, 0.29) is 25.1 Å². The minimum atomic E-state index is -0.418. The molecule has 0 amide bonds. The first kappa shape index (κ1) is 17.0. The summed E-state index contributed by atoms with van der Waals surface area (Å²) < 4.78 is 6.59. The van der Waals surface area contributed by atoms with Crippen LogP contribution in [-0.4, -0.2) is 15.5 Å². The smallest absolute Gasteiger partial charge is 0.307 e. The van der Waals surface area contributed by atoms with Gasteiger partial charge in [-0.3, -0.25) is 14.2 Å². The van der Waals surface area contributed by atoms with Gasteiger partial charge in [0, 0.05) is 22.2 Å². The molecule has 0 N–H and O–H groups in total. The van der Waals surface area contributed by atoms with Crippen LogP contribution >= 0.6 is 34.5 Å². The summed E-state index contributed by atoms with van der Waals surface area (Å²) in [7, 11) is 0. The number of nitrogens with zero attached hydrogens (tertiary/aromatic N) is 2. The van der Waals surface area contributed by atoms with Crippen molar-refractivity contribution in [3.8, 4) is 0 Å². The van der Waals surface area contributed by atoms with Crippen LogP contribution in [0.4, 0.5) is 0 Å². The van der Waals surface area contributed by atoms with Gasteiger partial charge in [0.15, 0.2) is 0 Å². The molecule has 0 unspecified atom stereocenters. The fraction of sp³-hybridized carbons (Fsp3) is 0.188. The fourth-order valence-electron chi connectivity index (χ4n) is 2.13. The highest BCUT2D eigenvalue weighted by Crippen LogP contribution is 2.21. The van der Waals surface area contributed by atoms with Gasteiger partial charge in [-0.05, 0) is 23.6 Å². The van der Waals surface area contributed by atoms with Crippen LogP contribution in [0.1, 0.15) is 12.0 Å². The van der Waals surface area contributed by atoms with Crippen molar-refractivity contribution in [2.75, 3.05) is 0 Å². The van der Waals surface area contributed by atoms with Crippen molar-refractivity contribution in [1.82, 2.24) is 9.55 Å². The molecule has 1 aromatic carbocycles. The Labute approximate surface area is 151 Å². The molecule has 0 atom stereocenters. The number of esters is 1. The van der Waals surface area contributed by atoms with Gasteiger partial charge in [0.2, 0.25) is 0 Å². The molecule has 0 saturated heterocycles. The van der Waals surface area contributed by atoms with E-state index in [1.165, 1.54) is 22.2 Å². The number of hydrogen-bond acceptors (Lipinski definition) is 5. The largest absolute Gasteiger partial charge is 0.461 e. The van der Waals surface area contributed by atoms with E-state index in [4.69, 9.17) is 27.9 Å². The highest BCUT2D eigenvalue weighted by Gasteiger charge is 2.09. The van der Waals surface area contributed by atoms with Crippen LogP contribution in [0.15, 0.2) is 40.8 Å². The molecule has 0 radical (unpaired) electrons. The summed E-state index contributed by atoms with van der Waals surface area (Å²) in [5.74, 6) is -0.418. The number of carbonyl (C=O) groups excluding carboxylic acids is 1. The second-order valence-electron chi connectivity index (χ2n) is 5.03. The molecule has 8 heteroatoms. The Bertz CT molecular complexity index is 952. The van der Waals surface area contributed by atoms with Crippen molar-refractivity contribution in [3.05, 3.63) is 61.9 Å². The maximum atomic E-state index is 12.2. The van der Waals surface area contributed by atoms with E-state index >= 15 is 0 Å². The number of carbonyl (C=O) groups is 1. The van der Waals surface area contributed by atoms with Crippen LogP contribution in [0.25, 0.3) is 10.2 Å². The topological polar surface area (TPSA) is 61.2 Å². The van der Waals surface area contributed by atoms with Crippen molar-refractivity contribution >= 4 is 50.7 Å². The summed E-state index contributed by atoms with van der Waals surface area (Å²) in [6.45, 7) is 0.274. The van der Waals surface area contributed by atoms with Gasteiger partial charge < -0.3 is 4.74 Å².